The molecule has 2 aromatic carbocycles. The fraction of sp³-hybridized carbons (Fsp3) is 0.263. The van der Waals surface area contributed by atoms with E-state index in [9.17, 15) is 4.79 Å². The van der Waals surface area contributed by atoms with E-state index in [4.69, 9.17) is 5.26 Å². The second-order valence-electron chi connectivity index (χ2n) is 5.70. The first kappa shape index (κ1) is 14.5. The number of hydrogen-bond donors (Lipinski definition) is 0. The standard InChI is InChI=1S/C19H18N2O/c20-13-15-6-8-17(9-7-15)19(22)18-5-3-4-16(12-18)14-21-10-1-2-11-21/h3-9,12H,1-2,10-11,14H2. The quantitative estimate of drug-likeness (QED) is 0.811. The Morgan fingerprint density at radius 3 is 2.45 bits per heavy atom. The molecule has 0 aromatic heterocycles. The third-order valence-electron chi connectivity index (χ3n) is 4.07. The van der Waals surface area contributed by atoms with E-state index in [2.05, 4.69) is 17.0 Å². The van der Waals surface area contributed by atoms with E-state index in [1.54, 1.807) is 24.3 Å². The number of carbonyl (C=O) groups is 1. The fourth-order valence-corrected chi connectivity index (χ4v) is 2.87. The number of nitrogens with zero attached hydrogens (tertiary/aromatic N) is 2. The highest BCUT2D eigenvalue weighted by Gasteiger charge is 2.13. The summed E-state index contributed by atoms with van der Waals surface area (Å²) in [5.74, 6) is 0.00719. The Bertz CT molecular complexity index is 707. The van der Waals surface area contributed by atoms with E-state index in [1.807, 2.05) is 18.2 Å². The first-order chi connectivity index (χ1) is 10.8. The molecule has 0 aliphatic carbocycles. The molecule has 3 heteroatoms. The van der Waals surface area contributed by atoms with Crippen molar-refractivity contribution in [1.29, 1.82) is 5.26 Å². The van der Waals surface area contributed by atoms with Gasteiger partial charge in [-0.3, -0.25) is 9.69 Å². The van der Waals surface area contributed by atoms with E-state index in [-0.39, 0.29) is 5.78 Å². The summed E-state index contributed by atoms with van der Waals surface area (Å²) in [5, 5.41) is 8.82. The van der Waals surface area contributed by atoms with Crippen molar-refractivity contribution in [3.63, 3.8) is 0 Å². The van der Waals surface area contributed by atoms with Gasteiger partial charge in [0.15, 0.2) is 5.78 Å². The van der Waals surface area contributed by atoms with Crippen LogP contribution >= 0.6 is 0 Å². The monoisotopic (exact) mass is 290 g/mol. The van der Waals surface area contributed by atoms with Crippen molar-refractivity contribution in [3.8, 4) is 6.07 Å². The van der Waals surface area contributed by atoms with E-state index in [1.165, 1.54) is 18.4 Å². The molecule has 3 nitrogen and oxygen atoms in total. The molecule has 110 valence electrons. The molecule has 1 heterocycles. The van der Waals surface area contributed by atoms with Gasteiger partial charge in [0.2, 0.25) is 0 Å². The first-order valence-corrected chi connectivity index (χ1v) is 7.62. The number of hydrogen-bond acceptors (Lipinski definition) is 3. The lowest BCUT2D eigenvalue weighted by Gasteiger charge is -2.15. The van der Waals surface area contributed by atoms with Crippen LogP contribution in [-0.2, 0) is 6.54 Å². The summed E-state index contributed by atoms with van der Waals surface area (Å²) in [5.41, 5.74) is 3.08. The molecule has 1 saturated heterocycles. The van der Waals surface area contributed by atoms with Gasteiger partial charge in [0, 0.05) is 17.7 Å². The van der Waals surface area contributed by atoms with Gasteiger partial charge in [-0.05, 0) is 61.8 Å². The molecule has 1 aliphatic heterocycles. The van der Waals surface area contributed by atoms with Gasteiger partial charge in [-0.2, -0.15) is 5.26 Å². The summed E-state index contributed by atoms with van der Waals surface area (Å²) >= 11 is 0. The Kier molecular flexibility index (Phi) is 4.32. The van der Waals surface area contributed by atoms with Crippen LogP contribution in [-0.4, -0.2) is 23.8 Å². The second kappa shape index (κ2) is 6.55. The van der Waals surface area contributed by atoms with Crippen LogP contribution in [0.2, 0.25) is 0 Å². The summed E-state index contributed by atoms with van der Waals surface area (Å²) in [6, 6.07) is 16.7. The molecule has 0 amide bonds. The van der Waals surface area contributed by atoms with Gasteiger partial charge in [-0.1, -0.05) is 18.2 Å². The Hall–Kier alpha value is -2.44. The van der Waals surface area contributed by atoms with Gasteiger partial charge < -0.3 is 0 Å². The normalized spacial score (nSPS) is 14.7. The molecule has 0 saturated carbocycles. The Balaban J connectivity index is 1.78. The summed E-state index contributed by atoms with van der Waals surface area (Å²) in [6.45, 7) is 3.20. The van der Waals surface area contributed by atoms with Crippen LogP contribution in [0.3, 0.4) is 0 Å². The predicted molar refractivity (Wildman–Crippen MR) is 85.5 cm³/mol. The van der Waals surface area contributed by atoms with Crippen molar-refractivity contribution in [2.75, 3.05) is 13.1 Å². The summed E-state index contributed by atoms with van der Waals surface area (Å²) in [4.78, 5) is 15.0. The highest BCUT2D eigenvalue weighted by atomic mass is 16.1. The molecule has 0 unspecified atom stereocenters. The third-order valence-corrected chi connectivity index (χ3v) is 4.07. The van der Waals surface area contributed by atoms with E-state index in [0.29, 0.717) is 16.7 Å². The smallest absolute Gasteiger partial charge is 0.193 e. The summed E-state index contributed by atoms with van der Waals surface area (Å²) in [7, 11) is 0. The molecule has 0 N–H and O–H groups in total. The molecule has 22 heavy (non-hydrogen) atoms. The van der Waals surface area contributed by atoms with Crippen LogP contribution in [0.25, 0.3) is 0 Å². The van der Waals surface area contributed by atoms with E-state index in [0.717, 1.165) is 19.6 Å². The SMILES string of the molecule is N#Cc1ccc(C(=O)c2cccc(CN3CCCC3)c2)cc1. The minimum Gasteiger partial charge on any atom is -0.299 e. The van der Waals surface area contributed by atoms with Crippen molar-refractivity contribution < 1.29 is 4.79 Å². The van der Waals surface area contributed by atoms with Crippen molar-refractivity contribution in [3.05, 3.63) is 70.8 Å². The summed E-state index contributed by atoms with van der Waals surface area (Å²) < 4.78 is 0. The zero-order chi connectivity index (χ0) is 15.4. The minimum absolute atomic E-state index is 0.00719. The number of nitriles is 1. The van der Waals surface area contributed by atoms with Crippen LogP contribution in [0.1, 0.15) is 39.9 Å². The third kappa shape index (κ3) is 3.24. The molecule has 0 atom stereocenters. The highest BCUT2D eigenvalue weighted by molar-refractivity contribution is 6.09. The van der Waals surface area contributed by atoms with Gasteiger partial charge in [0.1, 0.15) is 0 Å². The van der Waals surface area contributed by atoms with E-state index >= 15 is 0 Å². The van der Waals surface area contributed by atoms with Crippen LogP contribution in [0.4, 0.5) is 0 Å². The van der Waals surface area contributed by atoms with Crippen molar-refractivity contribution in [2.24, 2.45) is 0 Å². The molecular weight excluding hydrogens is 272 g/mol. The van der Waals surface area contributed by atoms with Crippen LogP contribution in [0.15, 0.2) is 48.5 Å². The minimum atomic E-state index is 0.00719. The predicted octanol–water partition coefficient (Wildman–Crippen LogP) is 3.39. The van der Waals surface area contributed by atoms with Crippen LogP contribution < -0.4 is 0 Å². The number of benzene rings is 2. The topological polar surface area (TPSA) is 44.1 Å². The van der Waals surface area contributed by atoms with Crippen LogP contribution in [0, 0.1) is 11.3 Å². The Labute approximate surface area is 130 Å². The maximum Gasteiger partial charge on any atom is 0.193 e. The first-order valence-electron chi connectivity index (χ1n) is 7.62. The maximum absolute atomic E-state index is 12.5. The molecular formula is C19H18N2O. The number of rotatable bonds is 4. The van der Waals surface area contributed by atoms with Crippen LogP contribution in [0.5, 0.6) is 0 Å². The molecule has 0 radical (unpaired) electrons. The van der Waals surface area contributed by atoms with Gasteiger partial charge in [0.05, 0.1) is 11.6 Å². The molecule has 1 fully saturated rings. The Morgan fingerprint density at radius 2 is 1.77 bits per heavy atom. The zero-order valence-electron chi connectivity index (χ0n) is 12.5. The van der Waals surface area contributed by atoms with Crippen molar-refractivity contribution in [2.45, 2.75) is 19.4 Å². The van der Waals surface area contributed by atoms with Gasteiger partial charge in [0.25, 0.3) is 0 Å². The largest absolute Gasteiger partial charge is 0.299 e. The molecule has 0 spiro atoms. The van der Waals surface area contributed by atoms with Gasteiger partial charge in [-0.25, -0.2) is 0 Å². The van der Waals surface area contributed by atoms with Gasteiger partial charge >= 0.3 is 0 Å². The lowest BCUT2D eigenvalue weighted by molar-refractivity contribution is 0.103. The molecule has 0 bridgehead atoms. The Morgan fingerprint density at radius 1 is 1.05 bits per heavy atom. The molecule has 3 rings (SSSR count). The number of ketones is 1. The lowest BCUT2D eigenvalue weighted by Crippen LogP contribution is -2.18. The summed E-state index contributed by atoms with van der Waals surface area (Å²) in [6.07, 6.45) is 2.54. The molecule has 2 aromatic rings. The fourth-order valence-electron chi connectivity index (χ4n) is 2.87. The zero-order valence-corrected chi connectivity index (χ0v) is 12.5. The van der Waals surface area contributed by atoms with Crippen molar-refractivity contribution in [1.82, 2.24) is 4.90 Å². The highest BCUT2D eigenvalue weighted by Crippen LogP contribution is 2.16. The second-order valence-corrected chi connectivity index (χ2v) is 5.70. The maximum atomic E-state index is 12.5. The number of likely N-dealkylation sites (tertiary alicyclic amines) is 1. The van der Waals surface area contributed by atoms with Crippen molar-refractivity contribution >= 4 is 5.78 Å². The average molecular weight is 290 g/mol. The van der Waals surface area contributed by atoms with Gasteiger partial charge in [-0.15, -0.1) is 0 Å². The lowest BCUT2D eigenvalue weighted by atomic mass is 10.0. The van der Waals surface area contributed by atoms with E-state index < -0.39 is 0 Å². The number of carbonyl (C=O) groups excluding carboxylic acids is 1. The average Bonchev–Trinajstić information content (AvgIpc) is 3.07. The molecule has 1 aliphatic rings.